The Balaban J connectivity index is 2.67. The van der Waals surface area contributed by atoms with E-state index in [1.807, 2.05) is 50.3 Å². The Morgan fingerprint density at radius 1 is 1.27 bits per heavy atom. The van der Waals surface area contributed by atoms with Crippen molar-refractivity contribution in [2.75, 3.05) is 32.6 Å². The van der Waals surface area contributed by atoms with E-state index in [1.165, 1.54) is 0 Å². The highest BCUT2D eigenvalue weighted by atomic mass is 16.1. The second-order valence-electron chi connectivity index (χ2n) is 3.72. The molecule has 0 heterocycles. The Bertz CT molecular complexity index is 317. The number of benzene rings is 1. The predicted octanol–water partition coefficient (Wildman–Crippen LogP) is 1.54. The van der Waals surface area contributed by atoms with E-state index < -0.39 is 0 Å². The molecular formula is C12H18N2O. The summed E-state index contributed by atoms with van der Waals surface area (Å²) in [5, 5.41) is 2.97. The minimum Gasteiger partial charge on any atom is -0.378 e. The first-order valence-electron chi connectivity index (χ1n) is 5.10. The number of nitrogens with one attached hydrogen (secondary N) is 1. The van der Waals surface area contributed by atoms with Crippen molar-refractivity contribution in [3.8, 4) is 0 Å². The van der Waals surface area contributed by atoms with Crippen molar-refractivity contribution >= 4 is 11.5 Å². The Hall–Kier alpha value is -1.35. The summed E-state index contributed by atoms with van der Waals surface area (Å²) < 4.78 is 0. The maximum absolute atomic E-state index is 11.6. The van der Waals surface area contributed by atoms with Crippen LogP contribution in [0.3, 0.4) is 0 Å². The van der Waals surface area contributed by atoms with Crippen LogP contribution in [0.25, 0.3) is 0 Å². The van der Waals surface area contributed by atoms with Crippen molar-refractivity contribution in [3.63, 3.8) is 0 Å². The van der Waals surface area contributed by atoms with Crippen molar-refractivity contribution in [1.29, 1.82) is 0 Å². The molecule has 1 aromatic rings. The van der Waals surface area contributed by atoms with E-state index in [-0.39, 0.29) is 5.78 Å². The molecule has 0 spiro atoms. The van der Waals surface area contributed by atoms with Crippen LogP contribution in [0.2, 0.25) is 0 Å². The largest absolute Gasteiger partial charge is 0.378 e. The van der Waals surface area contributed by atoms with Crippen molar-refractivity contribution in [2.24, 2.45) is 0 Å². The van der Waals surface area contributed by atoms with Crippen LogP contribution in [0, 0.1) is 0 Å². The smallest absolute Gasteiger partial charge is 0.164 e. The second-order valence-corrected chi connectivity index (χ2v) is 3.72. The highest BCUT2D eigenvalue weighted by Gasteiger charge is 2.04. The van der Waals surface area contributed by atoms with Crippen molar-refractivity contribution < 1.29 is 4.79 Å². The second kappa shape index (κ2) is 5.51. The van der Waals surface area contributed by atoms with Gasteiger partial charge in [0.1, 0.15) is 0 Å². The zero-order valence-electron chi connectivity index (χ0n) is 9.58. The average molecular weight is 206 g/mol. The molecule has 3 heteroatoms. The van der Waals surface area contributed by atoms with Crippen LogP contribution in [-0.4, -0.2) is 33.5 Å². The number of rotatable bonds is 5. The third kappa shape index (κ3) is 3.36. The van der Waals surface area contributed by atoms with Crippen LogP contribution in [0.15, 0.2) is 24.3 Å². The quantitative estimate of drug-likeness (QED) is 0.742. The molecule has 0 amide bonds. The molecule has 82 valence electrons. The number of hydrogen-bond donors (Lipinski definition) is 1. The molecule has 0 bridgehead atoms. The minimum atomic E-state index is 0.189. The molecule has 15 heavy (non-hydrogen) atoms. The molecule has 0 aromatic heterocycles. The molecule has 0 saturated carbocycles. The molecule has 0 saturated heterocycles. The maximum Gasteiger partial charge on any atom is 0.164 e. The lowest BCUT2D eigenvalue weighted by atomic mass is 10.1. The number of ketones is 1. The lowest BCUT2D eigenvalue weighted by molar-refractivity contribution is 0.0983. The Kier molecular flexibility index (Phi) is 4.31. The standard InChI is InChI=1S/C12H18N2O/c1-13-9-8-12(15)10-4-6-11(7-5-10)14(2)3/h4-7,13H,8-9H2,1-3H3. The van der Waals surface area contributed by atoms with Gasteiger partial charge in [0.05, 0.1) is 0 Å². The first kappa shape index (κ1) is 11.7. The predicted molar refractivity (Wildman–Crippen MR) is 63.6 cm³/mol. The molecular weight excluding hydrogens is 188 g/mol. The summed E-state index contributed by atoms with van der Waals surface area (Å²) in [5.41, 5.74) is 1.90. The number of Topliss-reactive ketones (excluding diaryl/α,β-unsaturated/α-hetero) is 1. The summed E-state index contributed by atoms with van der Waals surface area (Å²) in [6.45, 7) is 0.730. The van der Waals surface area contributed by atoms with Crippen molar-refractivity contribution in [1.82, 2.24) is 5.32 Å². The Morgan fingerprint density at radius 3 is 2.33 bits per heavy atom. The summed E-state index contributed by atoms with van der Waals surface area (Å²) in [7, 11) is 5.82. The van der Waals surface area contributed by atoms with Crippen LogP contribution in [-0.2, 0) is 0 Å². The SMILES string of the molecule is CNCCC(=O)c1ccc(N(C)C)cc1. The molecule has 0 aliphatic rings. The highest BCUT2D eigenvalue weighted by molar-refractivity contribution is 5.96. The maximum atomic E-state index is 11.6. The van der Waals surface area contributed by atoms with Gasteiger partial charge in [-0.15, -0.1) is 0 Å². The first-order valence-corrected chi connectivity index (χ1v) is 5.10. The Morgan fingerprint density at radius 2 is 1.87 bits per heavy atom. The van der Waals surface area contributed by atoms with E-state index in [1.54, 1.807) is 0 Å². The van der Waals surface area contributed by atoms with Crippen molar-refractivity contribution in [3.05, 3.63) is 29.8 Å². The number of carbonyl (C=O) groups excluding carboxylic acids is 1. The molecule has 1 rings (SSSR count). The monoisotopic (exact) mass is 206 g/mol. The fraction of sp³-hybridized carbons (Fsp3) is 0.417. The summed E-state index contributed by atoms with van der Waals surface area (Å²) in [6.07, 6.45) is 0.553. The fourth-order valence-corrected chi connectivity index (χ4v) is 1.33. The van der Waals surface area contributed by atoms with Gasteiger partial charge in [0.25, 0.3) is 0 Å². The van der Waals surface area contributed by atoms with Crippen LogP contribution >= 0.6 is 0 Å². The molecule has 3 nitrogen and oxygen atoms in total. The molecule has 0 unspecified atom stereocenters. The molecule has 0 fully saturated rings. The number of anilines is 1. The van der Waals surface area contributed by atoms with Crippen LogP contribution in [0.5, 0.6) is 0 Å². The zero-order chi connectivity index (χ0) is 11.3. The van der Waals surface area contributed by atoms with Gasteiger partial charge in [-0.1, -0.05) is 0 Å². The van der Waals surface area contributed by atoms with E-state index in [0.29, 0.717) is 6.42 Å². The lowest BCUT2D eigenvalue weighted by Gasteiger charge is -2.12. The van der Waals surface area contributed by atoms with Gasteiger partial charge in [-0.05, 0) is 31.3 Å². The molecule has 0 aliphatic heterocycles. The normalized spacial score (nSPS) is 10.1. The van der Waals surface area contributed by atoms with Crippen molar-refractivity contribution in [2.45, 2.75) is 6.42 Å². The van der Waals surface area contributed by atoms with Gasteiger partial charge in [0.2, 0.25) is 0 Å². The van der Waals surface area contributed by atoms with E-state index >= 15 is 0 Å². The lowest BCUT2D eigenvalue weighted by Crippen LogP contribution is -2.13. The summed E-state index contributed by atoms with van der Waals surface area (Å²) in [5.74, 6) is 0.189. The van der Waals surface area contributed by atoms with Gasteiger partial charge in [-0.25, -0.2) is 0 Å². The van der Waals surface area contributed by atoms with Gasteiger partial charge in [0.15, 0.2) is 5.78 Å². The summed E-state index contributed by atoms with van der Waals surface area (Å²) in [4.78, 5) is 13.6. The molecule has 1 N–H and O–H groups in total. The van der Waals surface area contributed by atoms with Gasteiger partial charge in [0, 0.05) is 38.3 Å². The fourth-order valence-electron chi connectivity index (χ4n) is 1.33. The van der Waals surface area contributed by atoms with E-state index in [0.717, 1.165) is 17.8 Å². The Labute approximate surface area is 91.1 Å². The topological polar surface area (TPSA) is 32.3 Å². The molecule has 0 atom stereocenters. The average Bonchev–Trinajstić information content (AvgIpc) is 2.26. The first-order chi connectivity index (χ1) is 7.15. The van der Waals surface area contributed by atoms with Gasteiger partial charge in [-0.2, -0.15) is 0 Å². The van der Waals surface area contributed by atoms with E-state index in [4.69, 9.17) is 0 Å². The van der Waals surface area contributed by atoms with Gasteiger partial charge in [-0.3, -0.25) is 4.79 Å². The molecule has 0 radical (unpaired) electrons. The van der Waals surface area contributed by atoms with Crippen LogP contribution in [0.1, 0.15) is 16.8 Å². The minimum absolute atomic E-state index is 0.189. The highest BCUT2D eigenvalue weighted by Crippen LogP contribution is 2.13. The van der Waals surface area contributed by atoms with Crippen LogP contribution in [0.4, 0.5) is 5.69 Å². The van der Waals surface area contributed by atoms with Gasteiger partial charge >= 0.3 is 0 Å². The zero-order valence-corrected chi connectivity index (χ0v) is 9.58. The molecule has 1 aromatic carbocycles. The van der Waals surface area contributed by atoms with E-state index in [9.17, 15) is 4.79 Å². The van der Waals surface area contributed by atoms with Gasteiger partial charge < -0.3 is 10.2 Å². The third-order valence-electron chi connectivity index (χ3n) is 2.31. The third-order valence-corrected chi connectivity index (χ3v) is 2.31. The summed E-state index contributed by atoms with van der Waals surface area (Å²) >= 11 is 0. The number of nitrogens with zero attached hydrogens (tertiary/aromatic N) is 1. The number of hydrogen-bond acceptors (Lipinski definition) is 3. The van der Waals surface area contributed by atoms with Crippen LogP contribution < -0.4 is 10.2 Å². The number of carbonyl (C=O) groups is 1. The summed E-state index contributed by atoms with van der Waals surface area (Å²) in [6, 6.07) is 7.69. The molecule has 0 aliphatic carbocycles. The van der Waals surface area contributed by atoms with E-state index in [2.05, 4.69) is 5.32 Å².